The van der Waals surface area contributed by atoms with Crippen molar-refractivity contribution in [1.29, 1.82) is 0 Å². The van der Waals surface area contributed by atoms with Gasteiger partial charge in [0.25, 0.3) is 23.6 Å². The molecular formula is C28H22Cl8N2O6. The van der Waals surface area contributed by atoms with E-state index in [1.165, 1.54) is 0 Å². The second kappa shape index (κ2) is 14.5. The first-order valence-electron chi connectivity index (χ1n) is 13.4. The van der Waals surface area contributed by atoms with Gasteiger partial charge in [0.15, 0.2) is 0 Å². The van der Waals surface area contributed by atoms with Crippen molar-refractivity contribution in [3.05, 3.63) is 62.4 Å². The maximum atomic E-state index is 13.5. The topological polar surface area (TPSA) is 101 Å². The molecule has 0 aromatic heterocycles. The number of esters is 1. The highest BCUT2D eigenvalue weighted by atomic mass is 35.5. The van der Waals surface area contributed by atoms with Crippen LogP contribution in [0, 0.1) is 0 Å². The van der Waals surface area contributed by atoms with Crippen LogP contribution in [0.1, 0.15) is 93.3 Å². The van der Waals surface area contributed by atoms with E-state index in [-0.39, 0.29) is 94.8 Å². The smallest absolute Gasteiger partial charge is 0.329 e. The number of carbonyl (C=O) groups excluding carboxylic acids is 5. The molecule has 0 bridgehead atoms. The summed E-state index contributed by atoms with van der Waals surface area (Å²) in [5, 5.41) is -1.65. The lowest BCUT2D eigenvalue weighted by Gasteiger charge is -2.25. The fourth-order valence-electron chi connectivity index (χ4n) is 5.01. The van der Waals surface area contributed by atoms with Crippen LogP contribution in [0.3, 0.4) is 0 Å². The Morgan fingerprint density at radius 1 is 0.591 bits per heavy atom. The maximum Gasteiger partial charge on any atom is 0.329 e. The van der Waals surface area contributed by atoms with Crippen molar-refractivity contribution in [2.24, 2.45) is 0 Å². The molecule has 2 aliphatic heterocycles. The minimum Gasteiger partial charge on any atom is -0.464 e. The van der Waals surface area contributed by atoms with Crippen LogP contribution in [0.5, 0.6) is 0 Å². The number of hydrogen-bond donors (Lipinski definition) is 0. The van der Waals surface area contributed by atoms with Crippen molar-refractivity contribution in [3.8, 4) is 0 Å². The number of ether oxygens (including phenoxy) is 1. The van der Waals surface area contributed by atoms with Gasteiger partial charge in [-0.3, -0.25) is 29.0 Å². The Morgan fingerprint density at radius 3 is 1.45 bits per heavy atom. The number of fused-ring (bicyclic) bond motifs is 2. The van der Waals surface area contributed by atoms with E-state index in [1.54, 1.807) is 0 Å². The Labute approximate surface area is 292 Å². The minimum atomic E-state index is -1.37. The summed E-state index contributed by atoms with van der Waals surface area (Å²) < 4.78 is 5.45. The summed E-state index contributed by atoms with van der Waals surface area (Å²) in [6.45, 7) is 2.02. The Balaban J connectivity index is 1.53. The van der Waals surface area contributed by atoms with Crippen molar-refractivity contribution in [2.75, 3.05) is 13.2 Å². The first-order chi connectivity index (χ1) is 20.8. The van der Waals surface area contributed by atoms with Crippen LogP contribution < -0.4 is 0 Å². The molecule has 4 rings (SSSR count). The van der Waals surface area contributed by atoms with Gasteiger partial charge in [0, 0.05) is 6.54 Å². The summed E-state index contributed by atoms with van der Waals surface area (Å²) in [4.78, 5) is 68.0. The average Bonchev–Trinajstić information content (AvgIpc) is 3.40. The number of benzene rings is 2. The first-order valence-corrected chi connectivity index (χ1v) is 16.4. The van der Waals surface area contributed by atoms with Gasteiger partial charge in [-0.15, -0.1) is 0 Å². The largest absolute Gasteiger partial charge is 0.464 e. The van der Waals surface area contributed by atoms with Crippen molar-refractivity contribution in [2.45, 2.75) is 57.9 Å². The first kappa shape index (κ1) is 35.4. The summed E-state index contributed by atoms with van der Waals surface area (Å²) >= 11 is 49.3. The van der Waals surface area contributed by atoms with E-state index in [9.17, 15) is 24.0 Å². The van der Waals surface area contributed by atoms with Gasteiger partial charge in [0.2, 0.25) is 0 Å². The van der Waals surface area contributed by atoms with Crippen LogP contribution in [0.15, 0.2) is 0 Å². The van der Waals surface area contributed by atoms with Gasteiger partial charge in [-0.2, -0.15) is 0 Å². The SMILES string of the molecule is CCCCCCOC(=O)[C@@H](CCCCN1C(=O)c2c(Cl)c(Cl)c(Cl)c(Cl)c2C1=O)N1C(=O)c2c(Cl)c(Cl)c(Cl)c(Cl)c2C1=O. The van der Waals surface area contributed by atoms with Crippen LogP contribution in [-0.2, 0) is 9.53 Å². The summed E-state index contributed by atoms with van der Waals surface area (Å²) in [7, 11) is 0. The molecule has 44 heavy (non-hydrogen) atoms. The zero-order chi connectivity index (χ0) is 32.6. The Bertz CT molecular complexity index is 1500. The lowest BCUT2D eigenvalue weighted by atomic mass is 10.1. The Morgan fingerprint density at radius 2 is 1.02 bits per heavy atom. The normalized spacial score (nSPS) is 14.9. The Hall–Kier alpha value is -1.49. The molecule has 0 spiro atoms. The summed E-state index contributed by atoms with van der Waals surface area (Å²) in [6, 6.07) is -1.37. The van der Waals surface area contributed by atoms with E-state index in [0.717, 1.165) is 29.1 Å². The standard InChI is InChI=1S/C28H22Cl8N2O6/c1-2-3-4-7-10-44-28(43)11(38-26(41)14-15(27(38)42)19(32)23(36)22(35)18(14)31)8-5-6-9-37-24(39)12-13(25(37)40)17(30)21(34)20(33)16(12)29/h11H,2-10H2,1H3/t11-/m1/s1. The highest BCUT2D eigenvalue weighted by Crippen LogP contribution is 2.46. The second-order valence-electron chi connectivity index (χ2n) is 9.99. The monoisotopic (exact) mass is 762 g/mol. The lowest BCUT2D eigenvalue weighted by molar-refractivity contribution is -0.148. The summed E-state index contributed by atoms with van der Waals surface area (Å²) in [5.74, 6) is -4.01. The fraction of sp³-hybridized carbons (Fsp3) is 0.393. The van der Waals surface area contributed by atoms with Crippen LogP contribution in [0.2, 0.25) is 40.2 Å². The zero-order valence-electron chi connectivity index (χ0n) is 22.8. The average molecular weight is 766 g/mol. The molecule has 1 atom stereocenters. The molecule has 8 nitrogen and oxygen atoms in total. The molecule has 0 aliphatic carbocycles. The quantitative estimate of drug-likeness (QED) is 0.0702. The van der Waals surface area contributed by atoms with E-state index in [0.29, 0.717) is 6.42 Å². The van der Waals surface area contributed by atoms with Gasteiger partial charge in [0.1, 0.15) is 6.04 Å². The van der Waals surface area contributed by atoms with Gasteiger partial charge < -0.3 is 4.74 Å². The maximum absolute atomic E-state index is 13.5. The molecule has 2 aliphatic rings. The predicted molar refractivity (Wildman–Crippen MR) is 172 cm³/mol. The second-order valence-corrected chi connectivity index (χ2v) is 13.0. The van der Waals surface area contributed by atoms with E-state index in [2.05, 4.69) is 0 Å². The minimum absolute atomic E-state index is 0.0711. The molecule has 2 aromatic rings. The van der Waals surface area contributed by atoms with Crippen LogP contribution in [0.25, 0.3) is 0 Å². The number of nitrogens with zero attached hydrogens (tertiary/aromatic N) is 2. The molecule has 0 saturated carbocycles. The van der Waals surface area contributed by atoms with Gasteiger partial charge in [-0.1, -0.05) is 119 Å². The number of rotatable bonds is 12. The summed E-state index contributed by atoms with van der Waals surface area (Å²) in [5.41, 5.74) is -0.849. The molecule has 2 aromatic carbocycles. The molecule has 2 heterocycles. The number of amides is 4. The van der Waals surface area contributed by atoms with Gasteiger partial charge >= 0.3 is 5.97 Å². The van der Waals surface area contributed by atoms with Crippen molar-refractivity contribution in [1.82, 2.24) is 9.80 Å². The van der Waals surface area contributed by atoms with Crippen LogP contribution in [0.4, 0.5) is 0 Å². The van der Waals surface area contributed by atoms with E-state index >= 15 is 0 Å². The molecule has 236 valence electrons. The molecular weight excluding hydrogens is 744 g/mol. The molecule has 0 fully saturated rings. The van der Waals surface area contributed by atoms with E-state index in [4.69, 9.17) is 97.5 Å². The van der Waals surface area contributed by atoms with Gasteiger partial charge in [-0.05, 0) is 25.7 Å². The van der Waals surface area contributed by atoms with Crippen LogP contribution in [-0.4, -0.2) is 58.6 Å². The number of imide groups is 2. The highest BCUT2D eigenvalue weighted by molar-refractivity contribution is 6.56. The van der Waals surface area contributed by atoms with Crippen molar-refractivity contribution < 1.29 is 28.7 Å². The van der Waals surface area contributed by atoms with Crippen molar-refractivity contribution in [3.63, 3.8) is 0 Å². The van der Waals surface area contributed by atoms with Gasteiger partial charge in [-0.25, -0.2) is 4.79 Å². The molecule has 0 saturated heterocycles. The summed E-state index contributed by atoms with van der Waals surface area (Å²) in [6.07, 6.45) is 3.62. The molecule has 0 unspecified atom stereocenters. The highest BCUT2D eigenvalue weighted by Gasteiger charge is 2.47. The Kier molecular flexibility index (Phi) is 11.7. The fourth-order valence-corrected chi connectivity index (χ4v) is 7.03. The molecule has 4 amide bonds. The number of carbonyl (C=O) groups is 5. The zero-order valence-corrected chi connectivity index (χ0v) is 28.9. The van der Waals surface area contributed by atoms with Gasteiger partial charge in [0.05, 0.1) is 69.0 Å². The number of unbranched alkanes of at least 4 members (excludes halogenated alkanes) is 4. The number of hydrogen-bond acceptors (Lipinski definition) is 6. The van der Waals surface area contributed by atoms with E-state index < -0.39 is 35.6 Å². The molecule has 0 N–H and O–H groups in total. The third-order valence-electron chi connectivity index (χ3n) is 7.25. The molecule has 16 heteroatoms. The number of halogens is 8. The van der Waals surface area contributed by atoms with Crippen LogP contribution >= 0.6 is 92.8 Å². The van der Waals surface area contributed by atoms with Crippen molar-refractivity contribution >= 4 is 122 Å². The lowest BCUT2D eigenvalue weighted by Crippen LogP contribution is -2.46. The predicted octanol–water partition coefficient (Wildman–Crippen LogP) is 9.47. The third-order valence-corrected chi connectivity index (χ3v) is 10.9. The molecule has 0 radical (unpaired) electrons. The third kappa shape index (κ3) is 6.26. The van der Waals surface area contributed by atoms with E-state index in [1.807, 2.05) is 6.92 Å².